The Bertz CT molecular complexity index is 283. The van der Waals surface area contributed by atoms with Crippen molar-refractivity contribution in [1.82, 2.24) is 4.90 Å². The fraction of sp³-hybridized carbons (Fsp3) is 0.929. The zero-order valence-electron chi connectivity index (χ0n) is 12.6. The lowest BCUT2D eigenvalue weighted by Gasteiger charge is -2.33. The van der Waals surface area contributed by atoms with Crippen molar-refractivity contribution in [1.29, 1.82) is 0 Å². The van der Waals surface area contributed by atoms with Crippen LogP contribution in [-0.4, -0.2) is 49.4 Å². The zero-order chi connectivity index (χ0) is 14.5. The van der Waals surface area contributed by atoms with Crippen LogP contribution < -0.4 is 5.73 Å². The third-order valence-corrected chi connectivity index (χ3v) is 3.36. The highest BCUT2D eigenvalue weighted by Crippen LogP contribution is 2.21. The number of carbonyl (C=O) groups is 1. The van der Waals surface area contributed by atoms with E-state index in [2.05, 4.69) is 0 Å². The molecule has 1 aliphatic rings. The van der Waals surface area contributed by atoms with Crippen LogP contribution in [0, 0.1) is 5.92 Å². The summed E-state index contributed by atoms with van der Waals surface area (Å²) >= 11 is 0. The molecule has 112 valence electrons. The van der Waals surface area contributed by atoms with Gasteiger partial charge < -0.3 is 20.1 Å². The van der Waals surface area contributed by atoms with Crippen LogP contribution in [0.4, 0.5) is 4.79 Å². The van der Waals surface area contributed by atoms with Crippen LogP contribution in [0.5, 0.6) is 0 Å². The molecule has 0 aliphatic carbocycles. The van der Waals surface area contributed by atoms with Gasteiger partial charge in [-0.1, -0.05) is 0 Å². The Morgan fingerprint density at radius 2 is 2.21 bits per heavy atom. The van der Waals surface area contributed by atoms with Crippen molar-refractivity contribution < 1.29 is 14.3 Å². The van der Waals surface area contributed by atoms with Crippen LogP contribution in [0.3, 0.4) is 0 Å². The Balaban J connectivity index is 2.50. The predicted octanol–water partition coefficient (Wildman–Crippen LogP) is 2.00. The molecule has 1 fully saturated rings. The number of carbonyl (C=O) groups excluding carboxylic acids is 1. The van der Waals surface area contributed by atoms with E-state index in [4.69, 9.17) is 15.2 Å². The maximum Gasteiger partial charge on any atom is 0.410 e. The maximum absolute atomic E-state index is 12.0. The second-order valence-corrected chi connectivity index (χ2v) is 6.30. The molecule has 1 saturated heterocycles. The Morgan fingerprint density at radius 3 is 2.68 bits per heavy atom. The molecule has 0 aromatic carbocycles. The van der Waals surface area contributed by atoms with E-state index in [1.807, 2.05) is 20.8 Å². The predicted molar refractivity (Wildman–Crippen MR) is 75.0 cm³/mol. The Morgan fingerprint density at radius 1 is 1.53 bits per heavy atom. The number of ether oxygens (including phenoxy) is 2. The fourth-order valence-electron chi connectivity index (χ4n) is 2.27. The normalized spacial score (nSPS) is 21.8. The van der Waals surface area contributed by atoms with Crippen LogP contribution >= 0.6 is 0 Å². The van der Waals surface area contributed by atoms with Crippen molar-refractivity contribution in [2.45, 2.75) is 51.7 Å². The van der Waals surface area contributed by atoms with Crippen molar-refractivity contribution in [2.75, 3.05) is 26.8 Å². The smallest absolute Gasteiger partial charge is 0.410 e. The average Bonchev–Trinajstić information content (AvgIpc) is 2.34. The SMILES string of the molecule is CN(C(=O)OC(C)(C)C)[C@@H](CN)C[C@@H]1CCCOC1. The number of likely N-dealkylation sites (N-methyl/N-ethyl adjacent to an activating group) is 1. The van der Waals surface area contributed by atoms with Crippen LogP contribution in [0.15, 0.2) is 0 Å². The topological polar surface area (TPSA) is 64.8 Å². The van der Waals surface area contributed by atoms with Gasteiger partial charge in [0.2, 0.25) is 0 Å². The lowest BCUT2D eigenvalue weighted by molar-refractivity contribution is 0.0123. The number of amides is 1. The Labute approximate surface area is 116 Å². The van der Waals surface area contributed by atoms with Gasteiger partial charge in [-0.25, -0.2) is 4.79 Å². The molecule has 5 heteroatoms. The summed E-state index contributed by atoms with van der Waals surface area (Å²) in [5.41, 5.74) is 5.33. The summed E-state index contributed by atoms with van der Waals surface area (Å²) in [6.45, 7) is 7.68. The molecule has 1 aliphatic heterocycles. The van der Waals surface area contributed by atoms with E-state index in [1.165, 1.54) is 0 Å². The van der Waals surface area contributed by atoms with Gasteiger partial charge in [0.25, 0.3) is 0 Å². The summed E-state index contributed by atoms with van der Waals surface area (Å²) in [6.07, 6.45) is 2.82. The fourth-order valence-corrected chi connectivity index (χ4v) is 2.27. The minimum atomic E-state index is -0.474. The first-order valence-electron chi connectivity index (χ1n) is 7.07. The van der Waals surface area contributed by atoms with Crippen LogP contribution in [0.1, 0.15) is 40.0 Å². The monoisotopic (exact) mass is 272 g/mol. The highest BCUT2D eigenvalue weighted by molar-refractivity contribution is 5.68. The van der Waals surface area contributed by atoms with E-state index in [-0.39, 0.29) is 12.1 Å². The molecule has 0 spiro atoms. The first kappa shape index (κ1) is 16.2. The first-order valence-corrected chi connectivity index (χ1v) is 7.07. The van der Waals surface area contributed by atoms with E-state index in [0.29, 0.717) is 12.5 Å². The zero-order valence-corrected chi connectivity index (χ0v) is 12.6. The molecule has 1 heterocycles. The molecule has 0 bridgehead atoms. The molecule has 2 atom stereocenters. The molecule has 0 unspecified atom stereocenters. The van der Waals surface area contributed by atoms with E-state index in [0.717, 1.165) is 32.5 Å². The van der Waals surface area contributed by atoms with Gasteiger partial charge >= 0.3 is 6.09 Å². The lowest BCUT2D eigenvalue weighted by atomic mass is 9.94. The van der Waals surface area contributed by atoms with Gasteiger partial charge in [0.15, 0.2) is 0 Å². The molecular weight excluding hydrogens is 244 g/mol. The standard InChI is InChI=1S/C14H28N2O3/c1-14(2,3)19-13(17)16(4)12(9-15)8-11-6-5-7-18-10-11/h11-12H,5-10,15H2,1-4H3/t11-,12+/m0/s1. The van der Waals surface area contributed by atoms with E-state index >= 15 is 0 Å². The minimum Gasteiger partial charge on any atom is -0.444 e. The molecule has 0 aromatic rings. The largest absolute Gasteiger partial charge is 0.444 e. The third kappa shape index (κ3) is 5.78. The molecule has 0 saturated carbocycles. The molecule has 0 radical (unpaired) electrons. The molecular formula is C14H28N2O3. The minimum absolute atomic E-state index is 0.0153. The number of nitrogens with two attached hydrogens (primary N) is 1. The van der Waals surface area contributed by atoms with Gasteiger partial charge in [0.05, 0.1) is 0 Å². The van der Waals surface area contributed by atoms with Crippen molar-refractivity contribution in [3.05, 3.63) is 0 Å². The van der Waals surface area contributed by atoms with E-state index in [1.54, 1.807) is 11.9 Å². The Hall–Kier alpha value is -0.810. The van der Waals surface area contributed by atoms with Crippen molar-refractivity contribution in [3.8, 4) is 0 Å². The van der Waals surface area contributed by atoms with Crippen LogP contribution in [0.25, 0.3) is 0 Å². The average molecular weight is 272 g/mol. The third-order valence-electron chi connectivity index (χ3n) is 3.36. The van der Waals surface area contributed by atoms with E-state index < -0.39 is 5.60 Å². The molecule has 1 rings (SSSR count). The molecule has 19 heavy (non-hydrogen) atoms. The number of hydrogen-bond acceptors (Lipinski definition) is 4. The van der Waals surface area contributed by atoms with Gasteiger partial charge in [-0.15, -0.1) is 0 Å². The first-order chi connectivity index (χ1) is 8.83. The van der Waals surface area contributed by atoms with Crippen LogP contribution in [-0.2, 0) is 9.47 Å². The number of rotatable bonds is 4. The summed E-state index contributed by atoms with van der Waals surface area (Å²) in [6, 6.07) is 0.0153. The van der Waals surface area contributed by atoms with Gasteiger partial charge in [-0.2, -0.15) is 0 Å². The highest BCUT2D eigenvalue weighted by Gasteiger charge is 2.27. The van der Waals surface area contributed by atoms with Gasteiger partial charge in [0, 0.05) is 32.8 Å². The van der Waals surface area contributed by atoms with Gasteiger partial charge in [-0.05, 0) is 46.0 Å². The highest BCUT2D eigenvalue weighted by atomic mass is 16.6. The molecule has 0 aromatic heterocycles. The number of nitrogens with zero attached hydrogens (tertiary/aromatic N) is 1. The van der Waals surface area contributed by atoms with Crippen molar-refractivity contribution in [3.63, 3.8) is 0 Å². The van der Waals surface area contributed by atoms with Gasteiger partial charge in [-0.3, -0.25) is 0 Å². The summed E-state index contributed by atoms with van der Waals surface area (Å²) in [4.78, 5) is 13.6. The molecule has 5 nitrogen and oxygen atoms in total. The summed E-state index contributed by atoms with van der Waals surface area (Å²) in [5, 5.41) is 0. The molecule has 2 N–H and O–H groups in total. The molecule has 1 amide bonds. The lowest BCUT2D eigenvalue weighted by Crippen LogP contribution is -2.45. The quantitative estimate of drug-likeness (QED) is 0.850. The summed E-state index contributed by atoms with van der Waals surface area (Å²) in [5.74, 6) is 0.493. The van der Waals surface area contributed by atoms with Gasteiger partial charge in [0.1, 0.15) is 5.60 Å². The summed E-state index contributed by atoms with van der Waals surface area (Å²) < 4.78 is 10.8. The van der Waals surface area contributed by atoms with Crippen molar-refractivity contribution in [2.24, 2.45) is 11.7 Å². The maximum atomic E-state index is 12.0. The van der Waals surface area contributed by atoms with Crippen molar-refractivity contribution >= 4 is 6.09 Å². The second kappa shape index (κ2) is 7.10. The van der Waals surface area contributed by atoms with Crippen LogP contribution in [0.2, 0.25) is 0 Å². The second-order valence-electron chi connectivity index (χ2n) is 6.30. The number of hydrogen-bond donors (Lipinski definition) is 1. The summed E-state index contributed by atoms with van der Waals surface area (Å²) in [7, 11) is 1.76. The Kier molecular flexibility index (Phi) is 6.07. The van der Waals surface area contributed by atoms with E-state index in [9.17, 15) is 4.79 Å².